The molecule has 0 aromatic heterocycles. The molecule has 0 aliphatic heterocycles. The van der Waals surface area contributed by atoms with Gasteiger partial charge in [0, 0.05) is 13.3 Å². The molecule has 0 aliphatic carbocycles. The summed E-state index contributed by atoms with van der Waals surface area (Å²) in [5.41, 5.74) is 0.305. The van der Waals surface area contributed by atoms with Crippen molar-refractivity contribution in [2.75, 3.05) is 10.6 Å². The Morgan fingerprint density at radius 1 is 0.970 bits per heavy atom. The minimum absolute atomic E-state index is 0.0571. The molecule has 0 saturated heterocycles. The van der Waals surface area contributed by atoms with E-state index in [1.165, 1.54) is 37.3 Å². The SMILES string of the molecule is CCC(=O)N=C(NC(=O)OC(C)C)Nc1ccc(S(=O)(=O)c2ccccc2)cc1NC(C)=O. The second-order valence-corrected chi connectivity index (χ2v) is 9.07. The van der Waals surface area contributed by atoms with Gasteiger partial charge in [0.2, 0.25) is 27.6 Å². The fourth-order valence-electron chi connectivity index (χ4n) is 2.59. The molecule has 0 heterocycles. The summed E-state index contributed by atoms with van der Waals surface area (Å²) in [6.45, 7) is 6.17. The number of carbonyl (C=O) groups is 3. The number of anilines is 2. The number of hydrogen-bond acceptors (Lipinski definition) is 6. The highest BCUT2D eigenvalue weighted by atomic mass is 32.2. The average molecular weight is 475 g/mol. The maximum absolute atomic E-state index is 13.0. The molecule has 0 bridgehead atoms. The Labute approximate surface area is 192 Å². The second kappa shape index (κ2) is 11.2. The van der Waals surface area contributed by atoms with Gasteiger partial charge in [0.15, 0.2) is 0 Å². The Morgan fingerprint density at radius 2 is 1.64 bits per heavy atom. The zero-order valence-corrected chi connectivity index (χ0v) is 19.5. The van der Waals surface area contributed by atoms with Crippen LogP contribution in [0.4, 0.5) is 16.2 Å². The highest BCUT2D eigenvalue weighted by molar-refractivity contribution is 7.91. The minimum atomic E-state index is -3.85. The van der Waals surface area contributed by atoms with Crippen molar-refractivity contribution < 1.29 is 27.5 Å². The van der Waals surface area contributed by atoms with E-state index in [0.29, 0.717) is 0 Å². The van der Waals surface area contributed by atoms with Gasteiger partial charge in [-0.1, -0.05) is 25.1 Å². The van der Waals surface area contributed by atoms with Crippen molar-refractivity contribution in [1.29, 1.82) is 0 Å². The van der Waals surface area contributed by atoms with E-state index in [0.717, 1.165) is 0 Å². The number of hydrogen-bond donors (Lipinski definition) is 3. The number of nitrogens with one attached hydrogen (secondary N) is 3. The number of carbonyl (C=O) groups excluding carboxylic acids is 3. The summed E-state index contributed by atoms with van der Waals surface area (Å²) < 4.78 is 30.9. The third-order valence-electron chi connectivity index (χ3n) is 4.02. The number of ether oxygens (including phenoxy) is 1. The molecule has 0 atom stereocenters. The molecule has 11 heteroatoms. The van der Waals surface area contributed by atoms with Crippen molar-refractivity contribution in [2.45, 2.75) is 50.0 Å². The van der Waals surface area contributed by atoms with E-state index in [1.807, 2.05) is 0 Å². The lowest BCUT2D eigenvalue weighted by Crippen LogP contribution is -2.38. The van der Waals surface area contributed by atoms with Gasteiger partial charge in [-0.3, -0.25) is 14.9 Å². The predicted octanol–water partition coefficient (Wildman–Crippen LogP) is 3.32. The number of rotatable bonds is 6. The van der Waals surface area contributed by atoms with E-state index in [-0.39, 0.29) is 33.5 Å². The summed E-state index contributed by atoms with van der Waals surface area (Å²) in [6, 6.07) is 11.8. The molecule has 0 unspecified atom stereocenters. The Hall–Kier alpha value is -3.73. The van der Waals surface area contributed by atoms with Gasteiger partial charge in [0.25, 0.3) is 0 Å². The third kappa shape index (κ3) is 7.42. The van der Waals surface area contributed by atoms with Gasteiger partial charge in [-0.05, 0) is 44.2 Å². The summed E-state index contributed by atoms with van der Waals surface area (Å²) in [7, 11) is -3.85. The molecule has 0 spiro atoms. The number of benzene rings is 2. The van der Waals surface area contributed by atoms with Crippen LogP contribution in [0.25, 0.3) is 0 Å². The van der Waals surface area contributed by atoms with Crippen molar-refractivity contribution in [3.05, 3.63) is 48.5 Å². The van der Waals surface area contributed by atoms with Crippen molar-refractivity contribution in [3.63, 3.8) is 0 Å². The Morgan fingerprint density at radius 3 is 2.21 bits per heavy atom. The van der Waals surface area contributed by atoms with Crippen molar-refractivity contribution in [2.24, 2.45) is 4.99 Å². The highest BCUT2D eigenvalue weighted by Crippen LogP contribution is 2.29. The van der Waals surface area contributed by atoms with Gasteiger partial charge in [0.1, 0.15) is 0 Å². The number of sulfone groups is 1. The second-order valence-electron chi connectivity index (χ2n) is 7.12. The molecule has 3 N–H and O–H groups in total. The molecule has 10 nitrogen and oxygen atoms in total. The van der Waals surface area contributed by atoms with E-state index in [4.69, 9.17) is 4.74 Å². The van der Waals surface area contributed by atoms with Crippen LogP contribution in [0.1, 0.15) is 34.1 Å². The zero-order chi connectivity index (χ0) is 24.6. The van der Waals surface area contributed by atoms with Crippen molar-refractivity contribution in [3.8, 4) is 0 Å². The summed E-state index contributed by atoms with van der Waals surface area (Å²) in [5, 5.41) is 7.63. The lowest BCUT2D eigenvalue weighted by atomic mass is 10.2. The Bertz CT molecular complexity index is 1160. The summed E-state index contributed by atoms with van der Waals surface area (Å²) >= 11 is 0. The van der Waals surface area contributed by atoms with Gasteiger partial charge >= 0.3 is 6.09 Å². The lowest BCUT2D eigenvalue weighted by molar-refractivity contribution is -0.117. The molecule has 3 amide bonds. The van der Waals surface area contributed by atoms with Gasteiger partial charge in [0.05, 0.1) is 27.3 Å². The normalized spacial score (nSPS) is 11.6. The van der Waals surface area contributed by atoms with E-state index >= 15 is 0 Å². The molecule has 2 aromatic rings. The number of nitrogens with zero attached hydrogens (tertiary/aromatic N) is 1. The molecule has 176 valence electrons. The van der Waals surface area contributed by atoms with Gasteiger partial charge in [-0.25, -0.2) is 13.2 Å². The van der Waals surface area contributed by atoms with Gasteiger partial charge in [-0.15, -0.1) is 0 Å². The summed E-state index contributed by atoms with van der Waals surface area (Å²) in [6.07, 6.45) is -1.17. The maximum atomic E-state index is 13.0. The van der Waals surface area contributed by atoms with E-state index in [9.17, 15) is 22.8 Å². The molecule has 2 aromatic carbocycles. The van der Waals surface area contributed by atoms with Gasteiger partial charge in [-0.2, -0.15) is 4.99 Å². The number of guanidine groups is 1. The molecule has 33 heavy (non-hydrogen) atoms. The van der Waals surface area contributed by atoms with Crippen LogP contribution in [0.3, 0.4) is 0 Å². The predicted molar refractivity (Wildman–Crippen MR) is 124 cm³/mol. The average Bonchev–Trinajstić information content (AvgIpc) is 2.74. The van der Waals surface area contributed by atoms with Crippen LogP contribution in [0, 0.1) is 0 Å². The number of aliphatic imine (C=N–C) groups is 1. The van der Waals surface area contributed by atoms with Crippen LogP contribution in [0.5, 0.6) is 0 Å². The first-order valence-corrected chi connectivity index (χ1v) is 11.6. The van der Waals surface area contributed by atoms with Crippen molar-refractivity contribution >= 4 is 45.1 Å². The standard InChI is InChI=1S/C22H26N4O6S/c1-5-20(28)25-21(26-22(29)32-14(2)3)24-18-12-11-17(13-19(18)23-15(4)27)33(30,31)16-9-7-6-8-10-16/h6-14H,5H2,1-4H3,(H,23,27)(H2,24,25,26,28,29). The lowest BCUT2D eigenvalue weighted by Gasteiger charge is -2.17. The van der Waals surface area contributed by atoms with Crippen LogP contribution < -0.4 is 16.0 Å². The maximum Gasteiger partial charge on any atom is 0.414 e. The van der Waals surface area contributed by atoms with Gasteiger partial charge < -0.3 is 15.4 Å². The molecule has 0 radical (unpaired) electrons. The third-order valence-corrected chi connectivity index (χ3v) is 5.79. The molecule has 2 rings (SSSR count). The summed E-state index contributed by atoms with van der Waals surface area (Å²) in [5.74, 6) is -1.22. The smallest absolute Gasteiger partial charge is 0.414 e. The van der Waals surface area contributed by atoms with Crippen molar-refractivity contribution in [1.82, 2.24) is 5.32 Å². The molecular weight excluding hydrogens is 448 g/mol. The fourth-order valence-corrected chi connectivity index (χ4v) is 3.89. The number of alkyl carbamates (subject to hydrolysis) is 1. The monoisotopic (exact) mass is 474 g/mol. The first-order valence-electron chi connectivity index (χ1n) is 10.1. The quantitative estimate of drug-likeness (QED) is 0.430. The largest absolute Gasteiger partial charge is 0.447 e. The Balaban J connectivity index is 2.46. The van der Waals surface area contributed by atoms with Crippen LogP contribution in [0.15, 0.2) is 63.3 Å². The first-order chi connectivity index (χ1) is 15.5. The molecular formula is C22H26N4O6S. The Kier molecular flexibility index (Phi) is 8.69. The molecule has 0 aliphatic rings. The first kappa shape index (κ1) is 25.5. The minimum Gasteiger partial charge on any atom is -0.447 e. The highest BCUT2D eigenvalue weighted by Gasteiger charge is 2.20. The number of amides is 3. The van der Waals surface area contributed by atoms with E-state index in [2.05, 4.69) is 20.9 Å². The van der Waals surface area contributed by atoms with E-state index in [1.54, 1.807) is 39.0 Å². The summed E-state index contributed by atoms with van der Waals surface area (Å²) in [4.78, 5) is 39.4. The molecule has 0 fully saturated rings. The molecule has 0 saturated carbocycles. The van der Waals surface area contributed by atoms with Crippen LogP contribution in [0.2, 0.25) is 0 Å². The van der Waals surface area contributed by atoms with Crippen LogP contribution in [-0.2, 0) is 24.2 Å². The van der Waals surface area contributed by atoms with Crippen LogP contribution in [-0.4, -0.2) is 38.4 Å². The topological polar surface area (TPSA) is 143 Å². The fraction of sp³-hybridized carbons (Fsp3) is 0.273. The zero-order valence-electron chi connectivity index (χ0n) is 18.7. The van der Waals surface area contributed by atoms with E-state index < -0.39 is 33.8 Å². The van der Waals surface area contributed by atoms with Crippen LogP contribution >= 0.6 is 0 Å².